The first-order valence-corrected chi connectivity index (χ1v) is 7.39. The van der Waals surface area contributed by atoms with E-state index >= 15 is 0 Å². The zero-order chi connectivity index (χ0) is 14.4. The highest BCUT2D eigenvalue weighted by Crippen LogP contribution is 2.17. The van der Waals surface area contributed by atoms with Crippen molar-refractivity contribution in [2.45, 2.75) is 32.8 Å². The van der Waals surface area contributed by atoms with Crippen molar-refractivity contribution in [1.82, 2.24) is 10.2 Å². The van der Waals surface area contributed by atoms with Crippen molar-refractivity contribution in [3.05, 3.63) is 35.3 Å². The molecule has 106 valence electrons. The number of aromatic nitrogens is 2. The number of nitrogens with one attached hydrogen (secondary N) is 1. The van der Waals surface area contributed by atoms with E-state index in [4.69, 9.17) is 4.74 Å². The molecule has 0 aliphatic carbocycles. The van der Waals surface area contributed by atoms with E-state index in [0.717, 1.165) is 11.4 Å². The van der Waals surface area contributed by atoms with Gasteiger partial charge in [0, 0.05) is 0 Å². The number of carbonyl (C=O) groups is 1. The molecule has 20 heavy (non-hydrogen) atoms. The molecule has 1 aromatic carbocycles. The van der Waals surface area contributed by atoms with Gasteiger partial charge in [0.2, 0.25) is 5.13 Å². The lowest BCUT2D eigenvalue weighted by molar-refractivity contribution is -0.122. The second-order valence-corrected chi connectivity index (χ2v) is 5.23. The van der Waals surface area contributed by atoms with Crippen LogP contribution in [-0.4, -0.2) is 22.2 Å². The number of amides is 1. The Balaban J connectivity index is 1.98. The smallest absolute Gasteiger partial charge is 0.267 e. The minimum atomic E-state index is -0.536. The third-order valence-electron chi connectivity index (χ3n) is 2.68. The highest BCUT2D eigenvalue weighted by atomic mass is 32.1. The normalized spacial score (nSPS) is 11.9. The summed E-state index contributed by atoms with van der Waals surface area (Å²) in [4.78, 5) is 12.1. The van der Waals surface area contributed by atoms with Gasteiger partial charge in [-0.1, -0.05) is 43.4 Å². The van der Waals surface area contributed by atoms with E-state index in [0.29, 0.717) is 17.3 Å². The van der Waals surface area contributed by atoms with Crippen molar-refractivity contribution in [2.24, 2.45) is 0 Å². The molecule has 1 N–H and O–H groups in total. The number of carbonyl (C=O) groups excluding carboxylic acids is 1. The molecule has 2 rings (SSSR count). The van der Waals surface area contributed by atoms with Crippen LogP contribution >= 0.6 is 11.3 Å². The van der Waals surface area contributed by atoms with Crippen molar-refractivity contribution in [3.8, 4) is 5.75 Å². The minimum absolute atomic E-state index is 0.199. The molecule has 0 aliphatic heterocycles. The maximum absolute atomic E-state index is 12.1. The largest absolute Gasteiger partial charge is 0.481 e. The van der Waals surface area contributed by atoms with E-state index in [9.17, 15) is 4.79 Å². The topological polar surface area (TPSA) is 64.1 Å². The van der Waals surface area contributed by atoms with Gasteiger partial charge in [-0.15, -0.1) is 10.2 Å². The van der Waals surface area contributed by atoms with Crippen LogP contribution in [0.2, 0.25) is 0 Å². The summed E-state index contributed by atoms with van der Waals surface area (Å²) in [6.07, 6.45) is 0.859. The molecule has 0 radical (unpaired) electrons. The lowest BCUT2D eigenvalue weighted by Gasteiger charge is -2.16. The van der Waals surface area contributed by atoms with Crippen molar-refractivity contribution >= 4 is 22.4 Å². The Labute approximate surface area is 122 Å². The first kappa shape index (κ1) is 14.5. The maximum atomic E-state index is 12.1. The second-order valence-electron chi connectivity index (χ2n) is 4.17. The molecule has 0 saturated carbocycles. The molecule has 1 atom stereocenters. The number of hydrogen-bond acceptors (Lipinski definition) is 5. The van der Waals surface area contributed by atoms with Crippen molar-refractivity contribution in [3.63, 3.8) is 0 Å². The Bertz CT molecular complexity index is 557. The Kier molecular flexibility index (Phi) is 5.06. The Morgan fingerprint density at radius 1 is 1.30 bits per heavy atom. The molecule has 0 saturated heterocycles. The monoisotopic (exact) mass is 291 g/mol. The standard InChI is InChI=1S/C14H17N3O2S/c1-3-11(19-10-8-6-5-7-9-10)13(18)15-14-17-16-12(4-2)20-14/h5-9,11H,3-4H2,1-2H3,(H,15,17,18)/t11-/m1/s1. The lowest BCUT2D eigenvalue weighted by Crippen LogP contribution is -2.32. The van der Waals surface area contributed by atoms with Crippen LogP contribution in [0.3, 0.4) is 0 Å². The molecule has 1 heterocycles. The van der Waals surface area contributed by atoms with Crippen molar-refractivity contribution in [1.29, 1.82) is 0 Å². The average molecular weight is 291 g/mol. The highest BCUT2D eigenvalue weighted by molar-refractivity contribution is 7.15. The number of para-hydroxylation sites is 1. The van der Waals surface area contributed by atoms with Crippen LogP contribution < -0.4 is 10.1 Å². The van der Waals surface area contributed by atoms with Crippen LogP contribution in [0.15, 0.2) is 30.3 Å². The zero-order valence-corrected chi connectivity index (χ0v) is 12.3. The van der Waals surface area contributed by atoms with Gasteiger partial charge in [-0.2, -0.15) is 0 Å². The molecular formula is C14H17N3O2S. The molecule has 0 spiro atoms. The van der Waals surface area contributed by atoms with Gasteiger partial charge >= 0.3 is 0 Å². The number of aryl methyl sites for hydroxylation is 1. The fourth-order valence-corrected chi connectivity index (χ4v) is 2.30. The fraction of sp³-hybridized carbons (Fsp3) is 0.357. The van der Waals surface area contributed by atoms with Gasteiger partial charge in [-0.05, 0) is 25.0 Å². The summed E-state index contributed by atoms with van der Waals surface area (Å²) in [5, 5.41) is 12.1. The molecule has 1 aromatic heterocycles. The predicted octanol–water partition coefficient (Wildman–Crippen LogP) is 2.90. The van der Waals surface area contributed by atoms with Crippen LogP contribution in [0, 0.1) is 0 Å². The van der Waals surface area contributed by atoms with E-state index in [1.807, 2.05) is 44.2 Å². The Hall–Kier alpha value is -1.95. The first-order chi connectivity index (χ1) is 9.72. The summed E-state index contributed by atoms with van der Waals surface area (Å²) < 4.78 is 5.68. The van der Waals surface area contributed by atoms with Crippen molar-refractivity contribution < 1.29 is 9.53 Å². The zero-order valence-electron chi connectivity index (χ0n) is 11.5. The molecule has 0 fully saturated rings. The average Bonchev–Trinajstić information content (AvgIpc) is 2.93. The van der Waals surface area contributed by atoms with Crippen LogP contribution in [0.1, 0.15) is 25.3 Å². The fourth-order valence-electron chi connectivity index (χ4n) is 1.62. The molecule has 0 aliphatic rings. The van der Waals surface area contributed by atoms with Gasteiger partial charge in [0.15, 0.2) is 6.10 Å². The van der Waals surface area contributed by atoms with E-state index in [1.165, 1.54) is 11.3 Å². The van der Waals surface area contributed by atoms with Crippen LogP contribution in [0.5, 0.6) is 5.75 Å². The minimum Gasteiger partial charge on any atom is -0.481 e. The predicted molar refractivity (Wildman–Crippen MR) is 79.1 cm³/mol. The number of anilines is 1. The van der Waals surface area contributed by atoms with Gasteiger partial charge in [0.25, 0.3) is 5.91 Å². The number of hydrogen-bond donors (Lipinski definition) is 1. The molecule has 1 amide bonds. The van der Waals surface area contributed by atoms with Gasteiger partial charge in [0.05, 0.1) is 0 Å². The summed E-state index contributed by atoms with van der Waals surface area (Å²) in [7, 11) is 0. The Morgan fingerprint density at radius 3 is 2.65 bits per heavy atom. The summed E-state index contributed by atoms with van der Waals surface area (Å²) in [6.45, 7) is 3.91. The molecule has 0 bridgehead atoms. The summed E-state index contributed by atoms with van der Waals surface area (Å²) in [5.74, 6) is 0.483. The molecule has 0 unspecified atom stereocenters. The number of ether oxygens (including phenoxy) is 1. The number of nitrogens with zero attached hydrogens (tertiary/aromatic N) is 2. The third-order valence-corrected chi connectivity index (χ3v) is 3.67. The van der Waals surface area contributed by atoms with Crippen LogP contribution in [-0.2, 0) is 11.2 Å². The van der Waals surface area contributed by atoms with E-state index in [2.05, 4.69) is 15.5 Å². The van der Waals surface area contributed by atoms with Gasteiger partial charge in [-0.25, -0.2) is 0 Å². The summed E-state index contributed by atoms with van der Waals surface area (Å²) >= 11 is 1.39. The Morgan fingerprint density at radius 2 is 2.05 bits per heavy atom. The maximum Gasteiger partial charge on any atom is 0.267 e. The quantitative estimate of drug-likeness (QED) is 0.889. The van der Waals surface area contributed by atoms with Crippen LogP contribution in [0.4, 0.5) is 5.13 Å². The van der Waals surface area contributed by atoms with Crippen LogP contribution in [0.25, 0.3) is 0 Å². The molecule has 5 nitrogen and oxygen atoms in total. The first-order valence-electron chi connectivity index (χ1n) is 6.57. The van der Waals surface area contributed by atoms with Gasteiger partial charge in [0.1, 0.15) is 10.8 Å². The molecule has 2 aromatic rings. The van der Waals surface area contributed by atoms with Crippen molar-refractivity contribution in [2.75, 3.05) is 5.32 Å². The van der Waals surface area contributed by atoms with E-state index in [-0.39, 0.29) is 5.91 Å². The molecule has 6 heteroatoms. The molecular weight excluding hydrogens is 274 g/mol. The van der Waals surface area contributed by atoms with E-state index < -0.39 is 6.10 Å². The van der Waals surface area contributed by atoms with Gasteiger partial charge < -0.3 is 4.74 Å². The lowest BCUT2D eigenvalue weighted by atomic mass is 10.2. The third kappa shape index (κ3) is 3.77. The van der Waals surface area contributed by atoms with E-state index in [1.54, 1.807) is 0 Å². The summed E-state index contributed by atoms with van der Waals surface area (Å²) in [6, 6.07) is 9.31. The summed E-state index contributed by atoms with van der Waals surface area (Å²) in [5.41, 5.74) is 0. The second kappa shape index (κ2) is 7.00. The van der Waals surface area contributed by atoms with Gasteiger partial charge in [-0.3, -0.25) is 10.1 Å². The number of rotatable bonds is 6. The number of benzene rings is 1. The highest BCUT2D eigenvalue weighted by Gasteiger charge is 2.19. The SMILES string of the molecule is CCc1nnc(NC(=O)[C@@H](CC)Oc2ccccc2)s1.